The third kappa shape index (κ3) is 9.51. The van der Waals surface area contributed by atoms with E-state index in [2.05, 4.69) is 122 Å². The number of benzene rings is 4. The van der Waals surface area contributed by atoms with Gasteiger partial charge < -0.3 is 9.40 Å². The predicted octanol–water partition coefficient (Wildman–Crippen LogP) is 13.3. The van der Waals surface area contributed by atoms with Crippen LogP contribution in [0.5, 0.6) is 0 Å². The van der Waals surface area contributed by atoms with Crippen molar-refractivity contribution in [3.05, 3.63) is 138 Å². The molecule has 0 N–H and O–H groups in total. The zero-order valence-corrected chi connectivity index (χ0v) is 37.9. The molecule has 0 aliphatic rings. The number of aryl methyl sites for hydroxylation is 2. The molecule has 54 heavy (non-hydrogen) atoms. The molecule has 0 saturated heterocycles. The molecule has 0 unspecified atom stereocenters. The first-order chi connectivity index (χ1) is 26.0. The van der Waals surface area contributed by atoms with Crippen LogP contribution in [0.15, 0.2) is 108 Å². The first kappa shape index (κ1) is 38.4. The molecule has 0 saturated carbocycles. The van der Waals surface area contributed by atoms with Gasteiger partial charge in [0.2, 0.25) is 0 Å². The maximum absolute atomic E-state index is 8.76. The summed E-state index contributed by atoms with van der Waals surface area (Å²) in [5.41, 5.74) is 12.2. The predicted molar refractivity (Wildman–Crippen MR) is 229 cm³/mol. The van der Waals surface area contributed by atoms with E-state index < -0.39 is 25.1 Å². The third-order valence-corrected chi connectivity index (χ3v) is 14.1. The first-order valence-corrected chi connectivity index (χ1v) is 26.3. The first-order valence-electron chi connectivity index (χ1n) is 19.9. The fourth-order valence-electron chi connectivity index (χ4n) is 7.16. The second kappa shape index (κ2) is 17.3. The summed E-state index contributed by atoms with van der Waals surface area (Å²) in [4.78, 5) is 9.26. The van der Waals surface area contributed by atoms with Crippen molar-refractivity contribution < 1.29 is 27.3 Å². The van der Waals surface area contributed by atoms with Gasteiger partial charge >= 0.3 is 135 Å². The number of nitrogens with zero attached hydrogens (tertiary/aromatic N) is 2. The van der Waals surface area contributed by atoms with E-state index in [9.17, 15) is 0 Å². The summed E-state index contributed by atoms with van der Waals surface area (Å²) in [5, 5.41) is 2.23. The molecule has 1 radical (unpaired) electrons. The molecule has 281 valence electrons. The Morgan fingerprint density at radius 3 is 2.15 bits per heavy atom. The van der Waals surface area contributed by atoms with E-state index in [1.807, 2.05) is 69.6 Å². The molecule has 0 aliphatic carbocycles. The van der Waals surface area contributed by atoms with Gasteiger partial charge in [-0.1, -0.05) is 61.2 Å². The second-order valence-corrected chi connectivity index (χ2v) is 26.8. The average Bonchev–Trinajstić information content (AvgIpc) is 3.52. The van der Waals surface area contributed by atoms with Crippen LogP contribution < -0.4 is 4.40 Å². The van der Waals surface area contributed by atoms with Crippen LogP contribution in [0.25, 0.3) is 55.6 Å². The second-order valence-electron chi connectivity index (χ2n) is 16.2. The molecule has 0 spiro atoms. The van der Waals surface area contributed by atoms with Gasteiger partial charge in [-0.15, -0.1) is 23.8 Å². The Balaban J connectivity index is 0.000000223. The fraction of sp³-hybridized carbons (Fsp3) is 0.306. The molecule has 3 heterocycles. The number of rotatable bonds is 8. The van der Waals surface area contributed by atoms with Crippen LogP contribution in [-0.2, 0) is 26.5 Å². The van der Waals surface area contributed by atoms with Crippen molar-refractivity contribution in [3.63, 3.8) is 0 Å². The molecule has 3 nitrogen and oxygen atoms in total. The number of aromatic nitrogens is 2. The van der Waals surface area contributed by atoms with Crippen LogP contribution in [0, 0.1) is 31.4 Å². The molecule has 5 heteroatoms. The molecule has 0 bridgehead atoms. The van der Waals surface area contributed by atoms with Gasteiger partial charge in [-0.2, -0.15) is 0 Å². The van der Waals surface area contributed by atoms with Crippen LogP contribution in [0.1, 0.15) is 78.4 Å². The Bertz CT molecular complexity index is 2420. The molecule has 0 fully saturated rings. The summed E-state index contributed by atoms with van der Waals surface area (Å²) < 4.78 is 24.9. The van der Waals surface area contributed by atoms with E-state index in [4.69, 9.17) is 7.16 Å². The molecule has 3 aromatic heterocycles. The number of hydrogen-bond donors (Lipinski definition) is 0. The van der Waals surface area contributed by atoms with Gasteiger partial charge in [-0.05, 0) is 72.7 Å². The minimum Gasteiger partial charge on any atom is 0 e. The van der Waals surface area contributed by atoms with Gasteiger partial charge in [-0.3, -0.25) is 0 Å². The monoisotopic (exact) mass is 955 g/mol. The molecule has 0 atom stereocenters. The summed E-state index contributed by atoms with van der Waals surface area (Å²) in [6.45, 7) is 14.7. The van der Waals surface area contributed by atoms with Gasteiger partial charge in [0.25, 0.3) is 0 Å². The van der Waals surface area contributed by atoms with E-state index in [-0.39, 0.29) is 20.1 Å². The largest absolute Gasteiger partial charge is 0 e. The molecule has 4 aromatic carbocycles. The molecular weight excluding hydrogens is 897 g/mol. The van der Waals surface area contributed by atoms with E-state index >= 15 is 0 Å². The van der Waals surface area contributed by atoms with Crippen LogP contribution in [-0.4, -0.2) is 23.2 Å². The normalized spacial score (nSPS) is 12.6. The van der Waals surface area contributed by atoms with Gasteiger partial charge in [-0.25, -0.2) is 0 Å². The summed E-state index contributed by atoms with van der Waals surface area (Å²) in [7, 11) is 0. The van der Waals surface area contributed by atoms with Crippen molar-refractivity contribution in [2.24, 2.45) is 5.41 Å². The standard InChI is InChI=1S/C30H28NO.C19H26GeN.Ir/c1-5-21(6-2)22-14-15-31-27(17-22)23-11-13-28-26(16-23)25-12-10-24(18-29(25)32-28)30-19(3)8-7-9-20(30)4;1-19(2,3)13-16-12-18(15-10-8-7-9-11-15)21-14-17(16)20(4,5)6;/h7-10,12-18,21H,5-6H2,1-4H3;7-10,12,14H,13H2,1-6H3;/q2*-1;/i;13D2;. The van der Waals surface area contributed by atoms with Crippen LogP contribution >= 0.6 is 0 Å². The fourth-order valence-corrected chi connectivity index (χ4v) is 10.1. The summed E-state index contributed by atoms with van der Waals surface area (Å²) in [5.74, 6) is 7.42. The van der Waals surface area contributed by atoms with Crippen molar-refractivity contribution in [3.8, 4) is 33.6 Å². The SMILES string of the molecule is CCC(CC)c1ccnc(-c2[c-]cc3oc4cc(-c5c(C)cccc5C)ccc4c3c2)c1.[2H]C([2H])(c1cc(-c2[c-]cccc2)nc[c]1[Ge]([CH3])([CH3])[CH3])C(C)(C)C.[Ir]. The summed E-state index contributed by atoms with van der Waals surface area (Å²) >= 11 is -2.24. The minimum atomic E-state index is -2.24. The third-order valence-electron chi connectivity index (χ3n) is 9.90. The molecular formula is C49H54GeIrN2O-2. The topological polar surface area (TPSA) is 38.9 Å². The van der Waals surface area contributed by atoms with Crippen LogP contribution in [0.2, 0.25) is 17.3 Å². The van der Waals surface area contributed by atoms with E-state index in [1.54, 1.807) is 0 Å². The number of hydrogen-bond acceptors (Lipinski definition) is 3. The van der Waals surface area contributed by atoms with Gasteiger partial charge in [0.15, 0.2) is 0 Å². The summed E-state index contributed by atoms with van der Waals surface area (Å²) in [6.07, 6.45) is 4.70. The minimum absolute atomic E-state index is 0. The van der Waals surface area contributed by atoms with Gasteiger partial charge in [0, 0.05) is 31.7 Å². The van der Waals surface area contributed by atoms with Gasteiger partial charge in [0.05, 0.1) is 5.58 Å². The van der Waals surface area contributed by atoms with Crippen LogP contribution in [0.4, 0.5) is 0 Å². The Morgan fingerprint density at radius 2 is 1.50 bits per heavy atom. The zero-order chi connectivity index (χ0) is 39.7. The van der Waals surface area contributed by atoms with Crippen molar-refractivity contribution in [2.45, 2.75) is 90.9 Å². The Morgan fingerprint density at radius 1 is 0.778 bits per heavy atom. The van der Waals surface area contributed by atoms with Crippen molar-refractivity contribution >= 4 is 39.6 Å². The van der Waals surface area contributed by atoms with Gasteiger partial charge in [0.1, 0.15) is 5.58 Å². The molecule has 0 aliphatic heterocycles. The maximum Gasteiger partial charge on any atom is 0 e. The molecule has 0 amide bonds. The Labute approximate surface area is 342 Å². The van der Waals surface area contributed by atoms with Crippen molar-refractivity contribution in [1.29, 1.82) is 0 Å². The quantitative estimate of drug-likeness (QED) is 0.113. The average molecular weight is 954 g/mol. The summed E-state index contributed by atoms with van der Waals surface area (Å²) in [6, 6.07) is 37.7. The van der Waals surface area contributed by atoms with E-state index in [0.717, 1.165) is 67.3 Å². The Kier molecular flexibility index (Phi) is 12.3. The smallest absolute Gasteiger partial charge is 0 e. The van der Waals surface area contributed by atoms with Crippen molar-refractivity contribution in [2.75, 3.05) is 0 Å². The molecule has 7 aromatic rings. The number of furan rings is 1. The molecule has 7 rings (SSSR count). The maximum atomic E-state index is 8.76. The number of fused-ring (bicyclic) bond motifs is 3. The number of pyridine rings is 2. The van der Waals surface area contributed by atoms with Crippen molar-refractivity contribution in [1.82, 2.24) is 9.97 Å². The Hall–Kier alpha value is -3.83. The van der Waals surface area contributed by atoms with E-state index in [0.29, 0.717) is 5.92 Å². The zero-order valence-electron chi connectivity index (χ0n) is 35.4. The van der Waals surface area contributed by atoms with E-state index in [1.165, 1.54) is 27.8 Å². The van der Waals surface area contributed by atoms with Crippen LogP contribution in [0.3, 0.4) is 0 Å².